The van der Waals surface area contributed by atoms with Gasteiger partial charge in [0.15, 0.2) is 0 Å². The third-order valence-electron chi connectivity index (χ3n) is 3.88. The lowest BCUT2D eigenvalue weighted by atomic mass is 10.1. The van der Waals surface area contributed by atoms with Crippen LogP contribution < -0.4 is 0 Å². The Morgan fingerprint density at radius 1 is 1.00 bits per heavy atom. The summed E-state index contributed by atoms with van der Waals surface area (Å²) in [6.07, 6.45) is 20.1. The summed E-state index contributed by atoms with van der Waals surface area (Å²) < 4.78 is 5.69. The SMILES string of the molecule is CCCCCCCCC1OC1CCC/C=C/C=C\C(=O)O. The minimum Gasteiger partial charge on any atom is -0.478 e. The highest BCUT2D eigenvalue weighted by molar-refractivity contribution is 5.80. The summed E-state index contributed by atoms with van der Waals surface area (Å²) in [6.45, 7) is 2.25. The summed E-state index contributed by atoms with van der Waals surface area (Å²) >= 11 is 0. The minimum atomic E-state index is -0.899. The smallest absolute Gasteiger partial charge is 0.328 e. The predicted molar refractivity (Wildman–Crippen MR) is 86.4 cm³/mol. The molecule has 0 aliphatic carbocycles. The van der Waals surface area contributed by atoms with Crippen LogP contribution in [0.2, 0.25) is 0 Å². The molecule has 3 heteroatoms. The van der Waals surface area contributed by atoms with Crippen molar-refractivity contribution in [3.8, 4) is 0 Å². The molecule has 1 N–H and O–H groups in total. The van der Waals surface area contributed by atoms with Crippen LogP contribution in [0.1, 0.15) is 71.1 Å². The molecule has 1 fully saturated rings. The number of aliphatic carboxylic acids is 1. The van der Waals surface area contributed by atoms with Gasteiger partial charge < -0.3 is 9.84 Å². The first-order valence-corrected chi connectivity index (χ1v) is 8.45. The Kier molecular flexibility index (Phi) is 9.88. The molecule has 0 aromatic rings. The quantitative estimate of drug-likeness (QED) is 0.228. The van der Waals surface area contributed by atoms with Gasteiger partial charge in [-0.2, -0.15) is 0 Å². The van der Waals surface area contributed by atoms with E-state index in [0.29, 0.717) is 12.2 Å². The van der Waals surface area contributed by atoms with Gasteiger partial charge in [0.1, 0.15) is 0 Å². The molecule has 0 saturated carbocycles. The molecule has 3 nitrogen and oxygen atoms in total. The van der Waals surface area contributed by atoms with E-state index in [4.69, 9.17) is 9.84 Å². The molecule has 1 rings (SSSR count). The number of epoxide rings is 1. The van der Waals surface area contributed by atoms with Gasteiger partial charge >= 0.3 is 5.97 Å². The fourth-order valence-corrected chi connectivity index (χ4v) is 2.56. The van der Waals surface area contributed by atoms with Crippen molar-refractivity contribution >= 4 is 5.97 Å². The van der Waals surface area contributed by atoms with Gasteiger partial charge in [-0.1, -0.05) is 63.7 Å². The van der Waals surface area contributed by atoms with Crippen LogP contribution in [0.5, 0.6) is 0 Å². The Morgan fingerprint density at radius 2 is 1.67 bits per heavy atom. The fraction of sp³-hybridized carbons (Fsp3) is 0.722. The number of hydrogen-bond acceptors (Lipinski definition) is 2. The molecule has 1 aliphatic rings. The third kappa shape index (κ3) is 10.3. The number of carboxylic acid groups (broad SMARTS) is 1. The predicted octanol–water partition coefficient (Wildman–Crippen LogP) is 4.87. The zero-order valence-corrected chi connectivity index (χ0v) is 13.3. The number of ether oxygens (including phenoxy) is 1. The van der Waals surface area contributed by atoms with E-state index in [1.54, 1.807) is 12.2 Å². The van der Waals surface area contributed by atoms with Crippen molar-refractivity contribution < 1.29 is 14.6 Å². The Labute approximate surface area is 129 Å². The van der Waals surface area contributed by atoms with Crippen LogP contribution in [0.3, 0.4) is 0 Å². The fourth-order valence-electron chi connectivity index (χ4n) is 2.56. The van der Waals surface area contributed by atoms with Crippen molar-refractivity contribution in [1.29, 1.82) is 0 Å². The van der Waals surface area contributed by atoms with Gasteiger partial charge in [-0.3, -0.25) is 0 Å². The average Bonchev–Trinajstić information content (AvgIpc) is 3.20. The van der Waals surface area contributed by atoms with Gasteiger partial charge in [-0.15, -0.1) is 0 Å². The van der Waals surface area contributed by atoms with Crippen LogP contribution >= 0.6 is 0 Å². The highest BCUT2D eigenvalue weighted by atomic mass is 16.6. The lowest BCUT2D eigenvalue weighted by molar-refractivity contribution is -0.131. The Hall–Kier alpha value is -1.09. The molecule has 2 atom stereocenters. The van der Waals surface area contributed by atoms with Crippen molar-refractivity contribution in [1.82, 2.24) is 0 Å². The van der Waals surface area contributed by atoms with Gasteiger partial charge in [0.2, 0.25) is 0 Å². The van der Waals surface area contributed by atoms with E-state index in [1.165, 1.54) is 44.9 Å². The molecule has 0 radical (unpaired) electrons. The number of allylic oxidation sites excluding steroid dienone is 3. The molecule has 120 valence electrons. The van der Waals surface area contributed by atoms with Crippen LogP contribution in [0.15, 0.2) is 24.3 Å². The van der Waals surface area contributed by atoms with Crippen LogP contribution in [-0.4, -0.2) is 23.3 Å². The first-order valence-electron chi connectivity index (χ1n) is 8.45. The van der Waals surface area contributed by atoms with Gasteiger partial charge in [0.25, 0.3) is 0 Å². The molecule has 1 saturated heterocycles. The molecule has 1 heterocycles. The van der Waals surface area contributed by atoms with E-state index in [9.17, 15) is 4.79 Å². The average molecular weight is 294 g/mol. The van der Waals surface area contributed by atoms with Gasteiger partial charge in [-0.05, 0) is 25.7 Å². The van der Waals surface area contributed by atoms with Crippen molar-refractivity contribution in [3.63, 3.8) is 0 Å². The monoisotopic (exact) mass is 294 g/mol. The second kappa shape index (κ2) is 11.6. The molecule has 0 spiro atoms. The van der Waals surface area contributed by atoms with E-state index in [2.05, 4.69) is 6.92 Å². The maximum atomic E-state index is 10.2. The van der Waals surface area contributed by atoms with Gasteiger partial charge in [0, 0.05) is 6.08 Å². The first-order chi connectivity index (χ1) is 10.2. The third-order valence-corrected chi connectivity index (χ3v) is 3.88. The van der Waals surface area contributed by atoms with Crippen LogP contribution in [-0.2, 0) is 9.53 Å². The molecular formula is C18H30O3. The molecule has 0 aromatic carbocycles. The van der Waals surface area contributed by atoms with Crippen LogP contribution in [0.25, 0.3) is 0 Å². The Bertz CT molecular complexity index is 333. The van der Waals surface area contributed by atoms with E-state index in [0.717, 1.165) is 25.3 Å². The zero-order valence-electron chi connectivity index (χ0n) is 13.3. The standard InChI is InChI=1S/C18H30O3/c1-2-3-4-5-7-10-13-16-17(21-16)14-11-8-6-9-12-15-18(19)20/h6,9,12,15-17H,2-5,7-8,10-11,13-14H2,1H3,(H,19,20)/b9-6+,15-12-. The normalized spacial score (nSPS) is 21.4. The lowest BCUT2D eigenvalue weighted by Crippen LogP contribution is -1.94. The molecule has 0 aromatic heterocycles. The first kappa shape index (κ1) is 18.0. The maximum Gasteiger partial charge on any atom is 0.328 e. The maximum absolute atomic E-state index is 10.2. The molecule has 21 heavy (non-hydrogen) atoms. The van der Waals surface area contributed by atoms with Gasteiger partial charge in [0.05, 0.1) is 12.2 Å². The van der Waals surface area contributed by atoms with E-state index in [-0.39, 0.29) is 0 Å². The Balaban J connectivity index is 1.87. The molecule has 0 amide bonds. The highest BCUT2D eigenvalue weighted by Crippen LogP contribution is 2.31. The number of hydrogen-bond donors (Lipinski definition) is 1. The van der Waals surface area contributed by atoms with Crippen molar-refractivity contribution in [2.45, 2.75) is 83.3 Å². The summed E-state index contributed by atoms with van der Waals surface area (Å²) in [5.74, 6) is -0.899. The highest BCUT2D eigenvalue weighted by Gasteiger charge is 2.36. The van der Waals surface area contributed by atoms with Crippen molar-refractivity contribution in [2.75, 3.05) is 0 Å². The molecule has 1 aliphatic heterocycles. The summed E-state index contributed by atoms with van der Waals surface area (Å²) in [4.78, 5) is 10.2. The van der Waals surface area contributed by atoms with E-state index in [1.807, 2.05) is 6.08 Å². The number of unbranched alkanes of at least 4 members (excludes halogenated alkanes) is 6. The molecular weight excluding hydrogens is 264 g/mol. The van der Waals surface area contributed by atoms with Gasteiger partial charge in [-0.25, -0.2) is 4.79 Å². The number of carboxylic acids is 1. The van der Waals surface area contributed by atoms with Crippen LogP contribution in [0, 0.1) is 0 Å². The topological polar surface area (TPSA) is 49.8 Å². The summed E-state index contributed by atoms with van der Waals surface area (Å²) in [7, 11) is 0. The summed E-state index contributed by atoms with van der Waals surface area (Å²) in [6, 6.07) is 0. The second-order valence-electron chi connectivity index (χ2n) is 5.83. The number of rotatable bonds is 13. The number of carbonyl (C=O) groups is 1. The lowest BCUT2D eigenvalue weighted by Gasteiger charge is -1.98. The Morgan fingerprint density at radius 3 is 2.38 bits per heavy atom. The van der Waals surface area contributed by atoms with Crippen molar-refractivity contribution in [2.24, 2.45) is 0 Å². The van der Waals surface area contributed by atoms with E-state index < -0.39 is 5.97 Å². The van der Waals surface area contributed by atoms with E-state index >= 15 is 0 Å². The van der Waals surface area contributed by atoms with Crippen molar-refractivity contribution in [3.05, 3.63) is 24.3 Å². The molecule has 0 bridgehead atoms. The summed E-state index contributed by atoms with van der Waals surface area (Å²) in [5, 5.41) is 8.42. The summed E-state index contributed by atoms with van der Waals surface area (Å²) in [5.41, 5.74) is 0. The zero-order chi connectivity index (χ0) is 15.3. The largest absolute Gasteiger partial charge is 0.478 e. The minimum absolute atomic E-state index is 0.489. The molecule has 2 unspecified atom stereocenters. The van der Waals surface area contributed by atoms with Crippen LogP contribution in [0.4, 0.5) is 0 Å². The second-order valence-corrected chi connectivity index (χ2v) is 5.83.